The maximum Gasteiger partial charge on any atom is 0.00769 e. The molecule has 0 aliphatic carbocycles. The summed E-state index contributed by atoms with van der Waals surface area (Å²) >= 11 is 0. The second-order valence-corrected chi connectivity index (χ2v) is 5.77. The van der Waals surface area contributed by atoms with Crippen LogP contribution in [-0.2, 0) is 6.42 Å². The first-order valence-corrected chi connectivity index (χ1v) is 6.57. The lowest BCUT2D eigenvalue weighted by molar-refractivity contribution is 0.314. The van der Waals surface area contributed by atoms with E-state index in [-0.39, 0.29) is 0 Å². The van der Waals surface area contributed by atoms with Crippen molar-refractivity contribution < 1.29 is 0 Å². The standard InChI is InChI=1S/C15H24N2/c1-12-4-5-14(13(2)8-12)9-15(3)10-16-6-7-17-11-15/h4-5,8,16-17H,6-7,9-11H2,1-3H3. The molecule has 1 saturated heterocycles. The van der Waals surface area contributed by atoms with Gasteiger partial charge in [0.25, 0.3) is 0 Å². The highest BCUT2D eigenvalue weighted by molar-refractivity contribution is 5.31. The molecular formula is C15H24N2. The first-order chi connectivity index (χ1) is 8.09. The van der Waals surface area contributed by atoms with Gasteiger partial charge in [-0.05, 0) is 36.8 Å². The van der Waals surface area contributed by atoms with Crippen LogP contribution in [0.5, 0.6) is 0 Å². The number of benzene rings is 1. The Morgan fingerprint density at radius 3 is 2.35 bits per heavy atom. The summed E-state index contributed by atoms with van der Waals surface area (Å²) in [6.07, 6.45) is 1.15. The minimum atomic E-state index is 0.330. The number of nitrogens with one attached hydrogen (secondary N) is 2. The molecule has 94 valence electrons. The third-order valence-corrected chi connectivity index (χ3v) is 3.70. The van der Waals surface area contributed by atoms with Gasteiger partial charge in [0.05, 0.1) is 0 Å². The van der Waals surface area contributed by atoms with Gasteiger partial charge < -0.3 is 10.6 Å². The predicted molar refractivity (Wildman–Crippen MR) is 73.5 cm³/mol. The van der Waals surface area contributed by atoms with E-state index in [1.807, 2.05) is 0 Å². The van der Waals surface area contributed by atoms with Gasteiger partial charge in [0.2, 0.25) is 0 Å². The summed E-state index contributed by atoms with van der Waals surface area (Å²) in [6, 6.07) is 6.81. The van der Waals surface area contributed by atoms with Gasteiger partial charge in [-0.3, -0.25) is 0 Å². The summed E-state index contributed by atoms with van der Waals surface area (Å²) in [5, 5.41) is 7.05. The zero-order valence-electron chi connectivity index (χ0n) is 11.3. The van der Waals surface area contributed by atoms with Gasteiger partial charge in [-0.2, -0.15) is 0 Å². The molecule has 2 heteroatoms. The van der Waals surface area contributed by atoms with Crippen LogP contribution in [-0.4, -0.2) is 26.2 Å². The number of hydrogen-bond donors (Lipinski definition) is 2. The number of hydrogen-bond acceptors (Lipinski definition) is 2. The number of rotatable bonds is 2. The van der Waals surface area contributed by atoms with Crippen molar-refractivity contribution >= 4 is 0 Å². The fourth-order valence-corrected chi connectivity index (χ4v) is 2.65. The summed E-state index contributed by atoms with van der Waals surface area (Å²) in [4.78, 5) is 0. The fourth-order valence-electron chi connectivity index (χ4n) is 2.65. The largest absolute Gasteiger partial charge is 0.315 e. The minimum Gasteiger partial charge on any atom is -0.315 e. The normalized spacial score (nSPS) is 19.9. The van der Waals surface area contributed by atoms with Crippen LogP contribution in [0.25, 0.3) is 0 Å². The summed E-state index contributed by atoms with van der Waals surface area (Å²) < 4.78 is 0. The van der Waals surface area contributed by atoms with Crippen LogP contribution in [0.1, 0.15) is 23.6 Å². The maximum absolute atomic E-state index is 3.53. The lowest BCUT2D eigenvalue weighted by Gasteiger charge is -2.29. The van der Waals surface area contributed by atoms with E-state index in [9.17, 15) is 0 Å². The van der Waals surface area contributed by atoms with Gasteiger partial charge in [-0.15, -0.1) is 0 Å². The Bertz CT molecular complexity index is 377. The molecule has 2 nitrogen and oxygen atoms in total. The molecule has 0 bridgehead atoms. The molecule has 0 amide bonds. The van der Waals surface area contributed by atoms with Gasteiger partial charge in [0, 0.05) is 26.2 Å². The second-order valence-electron chi connectivity index (χ2n) is 5.77. The Kier molecular flexibility index (Phi) is 3.85. The van der Waals surface area contributed by atoms with Crippen LogP contribution in [0.4, 0.5) is 0 Å². The lowest BCUT2D eigenvalue weighted by Crippen LogP contribution is -2.37. The highest BCUT2D eigenvalue weighted by Gasteiger charge is 2.26. The van der Waals surface area contributed by atoms with Crippen LogP contribution >= 0.6 is 0 Å². The highest BCUT2D eigenvalue weighted by Crippen LogP contribution is 2.24. The van der Waals surface area contributed by atoms with Gasteiger partial charge in [0.15, 0.2) is 0 Å². The quantitative estimate of drug-likeness (QED) is 0.815. The van der Waals surface area contributed by atoms with Crippen molar-refractivity contribution in [1.82, 2.24) is 10.6 Å². The molecule has 0 unspecified atom stereocenters. The van der Waals surface area contributed by atoms with Gasteiger partial charge in [0.1, 0.15) is 0 Å². The second kappa shape index (κ2) is 5.19. The Labute approximate surface area is 105 Å². The molecule has 1 aliphatic heterocycles. The molecule has 1 heterocycles. The molecule has 1 aliphatic rings. The van der Waals surface area contributed by atoms with Crippen molar-refractivity contribution in [2.45, 2.75) is 27.2 Å². The molecule has 0 spiro atoms. The highest BCUT2D eigenvalue weighted by atomic mass is 15.0. The SMILES string of the molecule is Cc1ccc(CC2(C)CNCCNC2)c(C)c1. The van der Waals surface area contributed by atoms with E-state index >= 15 is 0 Å². The van der Waals surface area contributed by atoms with Crippen LogP contribution in [0.15, 0.2) is 18.2 Å². The average molecular weight is 232 g/mol. The fraction of sp³-hybridized carbons (Fsp3) is 0.600. The summed E-state index contributed by atoms with van der Waals surface area (Å²) in [5.41, 5.74) is 4.60. The van der Waals surface area contributed by atoms with E-state index in [0.29, 0.717) is 5.41 Å². The zero-order chi connectivity index (χ0) is 12.3. The molecule has 1 aromatic carbocycles. The smallest absolute Gasteiger partial charge is 0.00769 e. The van der Waals surface area contributed by atoms with Crippen LogP contribution in [0.3, 0.4) is 0 Å². The van der Waals surface area contributed by atoms with Crippen molar-refractivity contribution in [2.24, 2.45) is 5.41 Å². The van der Waals surface area contributed by atoms with Crippen molar-refractivity contribution in [2.75, 3.05) is 26.2 Å². The van der Waals surface area contributed by atoms with Crippen LogP contribution in [0.2, 0.25) is 0 Å². The van der Waals surface area contributed by atoms with Crippen LogP contribution in [0, 0.1) is 19.3 Å². The molecule has 1 fully saturated rings. The maximum atomic E-state index is 3.53. The Morgan fingerprint density at radius 1 is 1.12 bits per heavy atom. The van der Waals surface area contributed by atoms with E-state index in [2.05, 4.69) is 49.6 Å². The molecule has 0 atom stereocenters. The molecule has 1 aromatic rings. The van der Waals surface area contributed by atoms with E-state index < -0.39 is 0 Å². The number of aryl methyl sites for hydroxylation is 2. The Balaban J connectivity index is 2.12. The predicted octanol–water partition coefficient (Wildman–Crippen LogP) is 2.05. The Morgan fingerprint density at radius 2 is 1.76 bits per heavy atom. The molecule has 0 saturated carbocycles. The van der Waals surface area contributed by atoms with Gasteiger partial charge >= 0.3 is 0 Å². The summed E-state index contributed by atoms with van der Waals surface area (Å²) in [7, 11) is 0. The minimum absolute atomic E-state index is 0.330. The molecule has 2 N–H and O–H groups in total. The Hall–Kier alpha value is -0.860. The van der Waals surface area contributed by atoms with E-state index in [4.69, 9.17) is 0 Å². The summed E-state index contributed by atoms with van der Waals surface area (Å²) in [6.45, 7) is 11.1. The van der Waals surface area contributed by atoms with Crippen molar-refractivity contribution in [3.63, 3.8) is 0 Å². The van der Waals surface area contributed by atoms with Crippen molar-refractivity contribution in [1.29, 1.82) is 0 Å². The first-order valence-electron chi connectivity index (χ1n) is 6.57. The topological polar surface area (TPSA) is 24.1 Å². The molecule has 0 aromatic heterocycles. The van der Waals surface area contributed by atoms with E-state index in [1.54, 1.807) is 0 Å². The average Bonchev–Trinajstić information content (AvgIpc) is 2.48. The first kappa shape index (κ1) is 12.6. The molecular weight excluding hydrogens is 208 g/mol. The van der Waals surface area contributed by atoms with Crippen LogP contribution < -0.4 is 10.6 Å². The summed E-state index contributed by atoms with van der Waals surface area (Å²) in [5.74, 6) is 0. The van der Waals surface area contributed by atoms with Gasteiger partial charge in [-0.1, -0.05) is 30.7 Å². The molecule has 17 heavy (non-hydrogen) atoms. The van der Waals surface area contributed by atoms with E-state index in [1.165, 1.54) is 16.7 Å². The van der Waals surface area contributed by atoms with Crippen molar-refractivity contribution in [3.05, 3.63) is 34.9 Å². The third-order valence-electron chi connectivity index (χ3n) is 3.70. The molecule has 2 rings (SSSR count). The molecule has 0 radical (unpaired) electrons. The van der Waals surface area contributed by atoms with Gasteiger partial charge in [-0.25, -0.2) is 0 Å². The van der Waals surface area contributed by atoms with Crippen molar-refractivity contribution in [3.8, 4) is 0 Å². The monoisotopic (exact) mass is 232 g/mol. The third kappa shape index (κ3) is 3.30. The lowest BCUT2D eigenvalue weighted by atomic mass is 9.82. The van der Waals surface area contributed by atoms with E-state index in [0.717, 1.165) is 32.6 Å². The zero-order valence-corrected chi connectivity index (χ0v) is 11.3.